The van der Waals surface area contributed by atoms with E-state index in [-0.39, 0.29) is 0 Å². The van der Waals surface area contributed by atoms with Crippen LogP contribution in [0.25, 0.3) is 0 Å². The molecule has 2 rings (SSSR count). The van der Waals surface area contributed by atoms with E-state index < -0.39 is 0 Å². The molecule has 0 bridgehead atoms. The zero-order valence-corrected chi connectivity index (χ0v) is 4.72. The Morgan fingerprint density at radius 1 is 1.00 bits per heavy atom. The van der Waals surface area contributed by atoms with Gasteiger partial charge in [-0.1, -0.05) is 0 Å². The number of H-pyrrole nitrogens is 1. The van der Waals surface area contributed by atoms with Gasteiger partial charge >= 0.3 is 0 Å². The van der Waals surface area contributed by atoms with Crippen LogP contribution in [0.3, 0.4) is 0 Å². The van der Waals surface area contributed by atoms with E-state index in [1.807, 2.05) is 24.5 Å². The maximum Gasteiger partial charge on any atom is 0.00772 e. The Labute approximate surface area is 48.9 Å². The normalized spacial score (nSPS) is 14.0. The van der Waals surface area contributed by atoms with Crippen molar-refractivity contribution in [1.82, 2.24) is 10.3 Å². The van der Waals surface area contributed by atoms with Crippen LogP contribution in [0.1, 0.15) is 0 Å². The van der Waals surface area contributed by atoms with Crippen molar-refractivity contribution < 1.29 is 0 Å². The second kappa shape index (κ2) is 3.27. The molecule has 1 fully saturated rings. The number of nitrogens with one attached hydrogen (secondary N) is 2. The van der Waals surface area contributed by atoms with Crippen molar-refractivity contribution >= 4 is 0 Å². The second-order valence-corrected chi connectivity index (χ2v) is 1.63. The molecule has 0 saturated carbocycles. The molecule has 0 unspecified atom stereocenters. The van der Waals surface area contributed by atoms with Gasteiger partial charge in [0.1, 0.15) is 0 Å². The monoisotopic (exact) mass is 110 g/mol. The number of aromatic nitrogens is 1. The Kier molecular flexibility index (Phi) is 2.20. The summed E-state index contributed by atoms with van der Waals surface area (Å²) >= 11 is 0. The molecule has 2 heterocycles. The summed E-state index contributed by atoms with van der Waals surface area (Å²) in [6.07, 6.45) is 3.75. The van der Waals surface area contributed by atoms with E-state index in [1.165, 1.54) is 13.1 Å². The molecule has 1 aromatic heterocycles. The van der Waals surface area contributed by atoms with Gasteiger partial charge in [0.2, 0.25) is 0 Å². The molecule has 1 aromatic rings. The highest BCUT2D eigenvalue weighted by molar-refractivity contribution is 4.84. The van der Waals surface area contributed by atoms with Gasteiger partial charge in [-0.25, -0.2) is 0 Å². The van der Waals surface area contributed by atoms with Crippen molar-refractivity contribution in [1.29, 1.82) is 0 Å². The first kappa shape index (κ1) is 5.38. The van der Waals surface area contributed by atoms with Crippen molar-refractivity contribution in [2.75, 3.05) is 13.1 Å². The minimum Gasteiger partial charge on any atom is -0.368 e. The van der Waals surface area contributed by atoms with Gasteiger partial charge in [-0.15, -0.1) is 0 Å². The zero-order valence-electron chi connectivity index (χ0n) is 4.72. The fraction of sp³-hybridized carbons (Fsp3) is 0.333. The maximum atomic E-state index is 3.00. The highest BCUT2D eigenvalue weighted by Crippen LogP contribution is 1.72. The molecule has 1 aliphatic rings. The number of hydrogen-bond donors (Lipinski definition) is 2. The van der Waals surface area contributed by atoms with Gasteiger partial charge in [0, 0.05) is 25.5 Å². The summed E-state index contributed by atoms with van der Waals surface area (Å²) in [5.41, 5.74) is 0. The summed E-state index contributed by atoms with van der Waals surface area (Å²) in [5, 5.41) is 3.00. The smallest absolute Gasteiger partial charge is 0.00772 e. The minimum atomic E-state index is 1.25. The van der Waals surface area contributed by atoms with Gasteiger partial charge in [0.25, 0.3) is 0 Å². The van der Waals surface area contributed by atoms with Crippen molar-refractivity contribution in [3.63, 3.8) is 0 Å². The fourth-order valence-electron chi connectivity index (χ4n) is 0.278. The van der Waals surface area contributed by atoms with Crippen molar-refractivity contribution in [3.05, 3.63) is 24.5 Å². The number of rotatable bonds is 0. The average Bonchev–Trinajstić information content (AvgIpc) is 2.55. The first-order valence-electron chi connectivity index (χ1n) is 2.78. The van der Waals surface area contributed by atoms with Crippen LogP contribution in [-0.4, -0.2) is 18.1 Å². The first-order chi connectivity index (χ1) is 4.00. The van der Waals surface area contributed by atoms with Crippen LogP contribution in [0.15, 0.2) is 24.5 Å². The summed E-state index contributed by atoms with van der Waals surface area (Å²) in [6, 6.07) is 3.89. The predicted octanol–water partition coefficient (Wildman–Crippen LogP) is 0.604. The number of aromatic amines is 1. The van der Waals surface area contributed by atoms with E-state index in [1.54, 1.807) is 0 Å². The SMILES string of the molecule is C1CN1.c1cc[nH]c1. The standard InChI is InChI=1S/C4H5N.C2H5N/c1-2-4-5-3-1;1-2-3-1/h1-5H;3H,1-2H2. The van der Waals surface area contributed by atoms with Crippen LogP contribution in [0, 0.1) is 0 Å². The van der Waals surface area contributed by atoms with Crippen LogP contribution in [0.5, 0.6) is 0 Å². The summed E-state index contributed by atoms with van der Waals surface area (Å²) in [6.45, 7) is 2.50. The molecule has 2 nitrogen and oxygen atoms in total. The number of hydrogen-bond acceptors (Lipinski definition) is 1. The molecule has 2 heteroatoms. The van der Waals surface area contributed by atoms with E-state index in [0.717, 1.165) is 0 Å². The summed E-state index contributed by atoms with van der Waals surface area (Å²) in [7, 11) is 0. The van der Waals surface area contributed by atoms with Crippen molar-refractivity contribution in [2.24, 2.45) is 0 Å². The Hall–Kier alpha value is -0.760. The van der Waals surface area contributed by atoms with Gasteiger partial charge in [0.05, 0.1) is 0 Å². The average molecular weight is 110 g/mol. The van der Waals surface area contributed by atoms with Crippen LogP contribution in [0.4, 0.5) is 0 Å². The van der Waals surface area contributed by atoms with E-state index in [4.69, 9.17) is 0 Å². The second-order valence-electron chi connectivity index (χ2n) is 1.63. The third kappa shape index (κ3) is 3.43. The molecule has 2 N–H and O–H groups in total. The molecular weight excluding hydrogens is 100 g/mol. The lowest BCUT2D eigenvalue weighted by Crippen LogP contribution is -1.56. The lowest BCUT2D eigenvalue weighted by Gasteiger charge is -1.49. The molecule has 0 amide bonds. The van der Waals surface area contributed by atoms with Crippen molar-refractivity contribution in [3.8, 4) is 0 Å². The van der Waals surface area contributed by atoms with Gasteiger partial charge in [-0.3, -0.25) is 0 Å². The maximum absolute atomic E-state index is 3.00. The summed E-state index contributed by atoms with van der Waals surface area (Å²) in [4.78, 5) is 2.86. The Morgan fingerprint density at radius 2 is 1.50 bits per heavy atom. The lowest BCUT2D eigenvalue weighted by atomic mass is 10.7. The molecule has 0 radical (unpaired) electrons. The fourth-order valence-corrected chi connectivity index (χ4v) is 0.278. The zero-order chi connectivity index (χ0) is 5.66. The van der Waals surface area contributed by atoms with Gasteiger partial charge in [-0.2, -0.15) is 0 Å². The molecule has 0 aromatic carbocycles. The molecule has 0 spiro atoms. The highest BCUT2D eigenvalue weighted by Gasteiger charge is 1.91. The van der Waals surface area contributed by atoms with Crippen LogP contribution < -0.4 is 5.32 Å². The first-order valence-corrected chi connectivity index (χ1v) is 2.78. The Balaban J connectivity index is 0.0000000907. The molecule has 8 heavy (non-hydrogen) atoms. The highest BCUT2D eigenvalue weighted by atomic mass is 15.0. The van der Waals surface area contributed by atoms with Gasteiger partial charge in [-0.05, 0) is 12.1 Å². The third-order valence-corrected chi connectivity index (χ3v) is 0.746. The molecule has 44 valence electrons. The molecule has 1 saturated heterocycles. The minimum absolute atomic E-state index is 1.25. The predicted molar refractivity (Wildman–Crippen MR) is 33.7 cm³/mol. The van der Waals surface area contributed by atoms with E-state index >= 15 is 0 Å². The van der Waals surface area contributed by atoms with E-state index in [0.29, 0.717) is 0 Å². The molecular formula is C6H10N2. The van der Waals surface area contributed by atoms with Crippen molar-refractivity contribution in [2.45, 2.75) is 0 Å². The lowest BCUT2D eigenvalue weighted by molar-refractivity contribution is 1.34. The van der Waals surface area contributed by atoms with E-state index in [2.05, 4.69) is 10.3 Å². The van der Waals surface area contributed by atoms with Gasteiger partial charge < -0.3 is 10.3 Å². The van der Waals surface area contributed by atoms with E-state index in [9.17, 15) is 0 Å². The quantitative estimate of drug-likeness (QED) is 0.472. The topological polar surface area (TPSA) is 37.7 Å². The Bertz CT molecular complexity index is 90.1. The summed E-state index contributed by atoms with van der Waals surface area (Å²) < 4.78 is 0. The molecule has 0 aliphatic carbocycles. The van der Waals surface area contributed by atoms with Crippen LogP contribution in [-0.2, 0) is 0 Å². The van der Waals surface area contributed by atoms with Crippen LogP contribution >= 0.6 is 0 Å². The molecule has 0 atom stereocenters. The summed E-state index contributed by atoms with van der Waals surface area (Å²) in [5.74, 6) is 0. The third-order valence-electron chi connectivity index (χ3n) is 0.746. The largest absolute Gasteiger partial charge is 0.368 e. The molecule has 1 aliphatic heterocycles. The van der Waals surface area contributed by atoms with Crippen LogP contribution in [0.2, 0.25) is 0 Å². The van der Waals surface area contributed by atoms with Gasteiger partial charge in [0.15, 0.2) is 0 Å². The Morgan fingerprint density at radius 3 is 1.62 bits per heavy atom.